The maximum Gasteiger partial charge on any atom is 0.389 e. The summed E-state index contributed by atoms with van der Waals surface area (Å²) >= 11 is 0. The van der Waals surface area contributed by atoms with Crippen LogP contribution in [0.5, 0.6) is 0 Å². The normalized spacial score (nSPS) is 12.5. The summed E-state index contributed by atoms with van der Waals surface area (Å²) in [6.07, 6.45) is -5.14. The van der Waals surface area contributed by atoms with Gasteiger partial charge in [-0.2, -0.15) is 22.0 Å². The molecular formula is C10H12F5NO3S. The highest BCUT2D eigenvalue weighted by molar-refractivity contribution is 7.86. The minimum Gasteiger partial charge on any atom is -0.743 e. The van der Waals surface area contributed by atoms with Crippen molar-refractivity contribution in [3.05, 3.63) is 30.6 Å². The summed E-state index contributed by atoms with van der Waals surface area (Å²) in [7, 11) is -5.87. The van der Waals surface area contributed by atoms with E-state index in [1.165, 1.54) is 0 Å². The Kier molecular flexibility index (Phi) is 7.00. The van der Waals surface area contributed by atoms with Gasteiger partial charge in [-0.05, 0) is 6.42 Å². The first-order valence-corrected chi connectivity index (χ1v) is 6.68. The molecule has 20 heavy (non-hydrogen) atoms. The zero-order chi connectivity index (χ0) is 15.9. The Morgan fingerprint density at radius 2 is 1.45 bits per heavy atom. The molecule has 1 heterocycles. The van der Waals surface area contributed by atoms with Gasteiger partial charge < -0.3 is 4.55 Å². The largest absolute Gasteiger partial charge is 0.743 e. The third-order valence-corrected chi connectivity index (χ3v) is 2.84. The van der Waals surface area contributed by atoms with Gasteiger partial charge >= 0.3 is 11.4 Å². The van der Waals surface area contributed by atoms with Crippen molar-refractivity contribution in [3.8, 4) is 0 Å². The van der Waals surface area contributed by atoms with E-state index in [0.717, 1.165) is 0 Å². The van der Waals surface area contributed by atoms with E-state index >= 15 is 0 Å². The van der Waals surface area contributed by atoms with Crippen molar-refractivity contribution in [1.82, 2.24) is 0 Å². The number of hydrogen-bond donors (Lipinski definition) is 0. The lowest BCUT2D eigenvalue weighted by Crippen LogP contribution is -2.28. The third kappa shape index (κ3) is 8.75. The van der Waals surface area contributed by atoms with Gasteiger partial charge in [-0.1, -0.05) is 6.07 Å². The van der Waals surface area contributed by atoms with Gasteiger partial charge in [0.25, 0.3) is 0 Å². The van der Waals surface area contributed by atoms with Crippen molar-refractivity contribution in [2.24, 2.45) is 0 Å². The van der Waals surface area contributed by atoms with E-state index in [2.05, 4.69) is 4.98 Å². The van der Waals surface area contributed by atoms with E-state index in [1.807, 2.05) is 30.6 Å². The van der Waals surface area contributed by atoms with Crippen LogP contribution in [0.15, 0.2) is 30.6 Å². The molecule has 10 heteroatoms. The fraction of sp³-hybridized carbons (Fsp3) is 0.500. The number of aromatic nitrogens is 1. The van der Waals surface area contributed by atoms with Gasteiger partial charge in [-0.3, -0.25) is 0 Å². The van der Waals surface area contributed by atoms with Crippen LogP contribution >= 0.6 is 0 Å². The first kappa shape index (κ1) is 18.7. The number of aromatic amines is 1. The van der Waals surface area contributed by atoms with Gasteiger partial charge in [-0.15, -0.1) is 0 Å². The van der Waals surface area contributed by atoms with Crippen LogP contribution in [0.25, 0.3) is 0 Å². The summed E-state index contributed by atoms with van der Waals surface area (Å²) in [6, 6.07) is 5.86. The molecule has 0 radical (unpaired) electrons. The molecule has 1 rings (SSSR count). The van der Waals surface area contributed by atoms with Crippen molar-refractivity contribution in [2.45, 2.75) is 30.7 Å². The molecule has 0 aliphatic heterocycles. The number of alkyl halides is 5. The first-order valence-electron chi connectivity index (χ1n) is 5.27. The molecule has 1 N–H and O–H groups in total. The maximum absolute atomic E-state index is 12.2. The Morgan fingerprint density at radius 3 is 1.70 bits per heavy atom. The molecule has 1 aromatic heterocycles. The molecule has 0 atom stereocenters. The number of hydrogen-bond acceptors (Lipinski definition) is 3. The maximum atomic E-state index is 12.2. The highest BCUT2D eigenvalue weighted by Crippen LogP contribution is 2.30. The highest BCUT2D eigenvalue weighted by atomic mass is 32.2. The summed E-state index contributed by atoms with van der Waals surface area (Å²) in [5.74, 6) is 0. The molecule has 0 aromatic carbocycles. The molecule has 0 saturated carbocycles. The Hall–Kier alpha value is -1.29. The van der Waals surface area contributed by atoms with E-state index in [0.29, 0.717) is 0 Å². The Balaban J connectivity index is 0.000000493. The van der Waals surface area contributed by atoms with Crippen LogP contribution < -0.4 is 4.98 Å². The fourth-order valence-corrected chi connectivity index (χ4v) is 1.36. The van der Waals surface area contributed by atoms with E-state index in [-0.39, 0.29) is 0 Å². The minimum absolute atomic E-state index is 1.10. The number of halogens is 5. The summed E-state index contributed by atoms with van der Waals surface area (Å²) in [5.41, 5.74) is 0. The average Bonchev–Trinajstić information content (AvgIpc) is 2.28. The Bertz CT molecular complexity index is 449. The topological polar surface area (TPSA) is 71.3 Å². The second-order valence-corrected chi connectivity index (χ2v) is 5.14. The molecule has 0 fully saturated rings. The molecule has 0 spiro atoms. The number of pyridine rings is 1. The lowest BCUT2D eigenvalue weighted by Gasteiger charge is -2.19. The fourth-order valence-electron chi connectivity index (χ4n) is 0.962. The van der Waals surface area contributed by atoms with E-state index in [9.17, 15) is 34.9 Å². The second-order valence-electron chi connectivity index (χ2n) is 3.64. The number of rotatable bonds is 4. The van der Waals surface area contributed by atoms with Crippen LogP contribution in [0.4, 0.5) is 22.0 Å². The van der Waals surface area contributed by atoms with E-state index in [4.69, 9.17) is 0 Å². The summed E-state index contributed by atoms with van der Waals surface area (Å²) in [4.78, 5) is 2.89. The van der Waals surface area contributed by atoms with Crippen molar-refractivity contribution >= 4 is 10.1 Å². The van der Waals surface area contributed by atoms with Crippen molar-refractivity contribution < 1.29 is 39.9 Å². The van der Waals surface area contributed by atoms with Gasteiger partial charge in [0.1, 0.15) is 0 Å². The zero-order valence-corrected chi connectivity index (χ0v) is 10.8. The molecule has 4 nitrogen and oxygen atoms in total. The van der Waals surface area contributed by atoms with Crippen LogP contribution in [-0.2, 0) is 10.1 Å². The molecule has 0 bridgehead atoms. The van der Waals surface area contributed by atoms with E-state index < -0.39 is 40.8 Å². The molecule has 0 aliphatic carbocycles. The van der Waals surface area contributed by atoms with Gasteiger partial charge in [0.05, 0.1) is 0 Å². The molecule has 0 unspecified atom stereocenters. The quantitative estimate of drug-likeness (QED) is 0.631. The molecular weight excluding hydrogens is 309 g/mol. The van der Waals surface area contributed by atoms with Crippen molar-refractivity contribution in [2.75, 3.05) is 0 Å². The molecule has 0 aliphatic rings. The third-order valence-electron chi connectivity index (χ3n) is 1.90. The lowest BCUT2D eigenvalue weighted by molar-refractivity contribution is -0.377. The SMILES string of the molecule is O=S(=O)([O-])C(F)(F)CCCC(F)(F)F.c1cc[nH+]cc1. The smallest absolute Gasteiger partial charge is 0.389 e. The molecule has 116 valence electrons. The Labute approximate surface area is 112 Å². The predicted molar refractivity (Wildman–Crippen MR) is 57.5 cm³/mol. The summed E-state index contributed by atoms with van der Waals surface area (Å²) < 4.78 is 88.3. The monoisotopic (exact) mass is 321 g/mol. The standard InChI is InChI=1S/C5H7F5O3S.C5H5N/c6-4(7,8)2-1-3-5(9,10)14(11,12)13;1-2-4-6-5-3-1/h1-3H2,(H,11,12,13);1-5H. The average molecular weight is 321 g/mol. The lowest BCUT2D eigenvalue weighted by atomic mass is 10.2. The first-order chi connectivity index (χ1) is 8.96. The van der Waals surface area contributed by atoms with Crippen LogP contribution in [0.2, 0.25) is 0 Å². The zero-order valence-electron chi connectivity index (χ0n) is 10.0. The van der Waals surface area contributed by atoms with E-state index in [1.54, 1.807) is 0 Å². The Morgan fingerprint density at radius 1 is 0.950 bits per heavy atom. The van der Waals surface area contributed by atoms with Crippen molar-refractivity contribution in [3.63, 3.8) is 0 Å². The number of nitrogens with one attached hydrogen (secondary N) is 1. The van der Waals surface area contributed by atoms with Crippen LogP contribution in [0, 0.1) is 0 Å². The van der Waals surface area contributed by atoms with Crippen LogP contribution in [-0.4, -0.2) is 24.4 Å². The molecule has 0 amide bonds. The van der Waals surface area contributed by atoms with Crippen molar-refractivity contribution in [1.29, 1.82) is 0 Å². The number of H-pyrrole nitrogens is 1. The van der Waals surface area contributed by atoms with Crippen LogP contribution in [0.1, 0.15) is 19.3 Å². The second kappa shape index (κ2) is 7.48. The molecule has 0 saturated heterocycles. The predicted octanol–water partition coefficient (Wildman–Crippen LogP) is 2.36. The summed E-state index contributed by atoms with van der Waals surface area (Å²) in [5, 5.41) is -4.63. The minimum atomic E-state index is -5.87. The molecule has 1 aromatic rings. The van der Waals surface area contributed by atoms with Gasteiger partial charge in [0, 0.05) is 25.0 Å². The van der Waals surface area contributed by atoms with Gasteiger partial charge in [0.2, 0.25) is 0 Å². The van der Waals surface area contributed by atoms with Gasteiger partial charge in [-0.25, -0.2) is 13.4 Å². The van der Waals surface area contributed by atoms with Crippen LogP contribution in [0.3, 0.4) is 0 Å². The summed E-state index contributed by atoms with van der Waals surface area (Å²) in [6.45, 7) is 0. The highest BCUT2D eigenvalue weighted by Gasteiger charge is 2.38. The van der Waals surface area contributed by atoms with Gasteiger partial charge in [0.15, 0.2) is 22.5 Å².